The molecule has 0 aliphatic rings. The minimum atomic E-state index is 1.88. The van der Waals surface area contributed by atoms with E-state index in [9.17, 15) is 0 Å². The second-order valence-corrected chi connectivity index (χ2v) is 0.789. The van der Waals surface area contributed by atoms with Crippen molar-refractivity contribution in [3.63, 3.8) is 0 Å². The van der Waals surface area contributed by atoms with Gasteiger partial charge < -0.3 is 0 Å². The molecular weight excluding hydrogens is 58.5 g/mol. The van der Waals surface area contributed by atoms with E-state index in [1.165, 1.54) is 0 Å². The molecule has 0 saturated carbocycles. The van der Waals surface area contributed by atoms with Crippen molar-refractivity contribution in [2.24, 2.45) is 0 Å². The van der Waals surface area contributed by atoms with Gasteiger partial charge in [0.2, 0.25) is 0 Å². The van der Waals surface area contributed by atoms with Crippen molar-refractivity contribution in [1.82, 2.24) is 5.23 Å². The molecule has 0 aromatic carbocycles. The summed E-state index contributed by atoms with van der Waals surface area (Å²) in [5, 5.41) is 2.84. The predicted octanol–water partition coefficient (Wildman–Crippen LogP) is -2.01. The van der Waals surface area contributed by atoms with Gasteiger partial charge in [0, 0.05) is 0 Å². The van der Waals surface area contributed by atoms with Crippen LogP contribution < -0.4 is 5.23 Å². The SMILES string of the molecule is BB=BNC. The van der Waals surface area contributed by atoms with Gasteiger partial charge in [-0.2, -0.15) is 0 Å². The summed E-state index contributed by atoms with van der Waals surface area (Å²) in [5.74, 6) is 0. The molecule has 0 atom stereocenters. The van der Waals surface area contributed by atoms with Gasteiger partial charge in [-0.05, 0) is 0 Å². The van der Waals surface area contributed by atoms with E-state index in [1.807, 2.05) is 28.4 Å². The van der Waals surface area contributed by atoms with E-state index in [1.54, 1.807) is 0 Å². The van der Waals surface area contributed by atoms with Gasteiger partial charge in [-0.1, -0.05) is 0 Å². The molecular formula is CH6B3N. The second kappa shape index (κ2) is 3.99. The molecule has 4 heteroatoms. The number of hydrogen-bond donors (Lipinski definition) is 1. The number of nitrogens with one attached hydrogen (secondary N) is 1. The normalized spacial score (nSPS) is 5.80. The van der Waals surface area contributed by atoms with Crippen LogP contribution in [0.15, 0.2) is 0 Å². The summed E-state index contributed by atoms with van der Waals surface area (Å²) in [6, 6.07) is 0. The van der Waals surface area contributed by atoms with Gasteiger partial charge in [0.05, 0.1) is 0 Å². The molecule has 24 valence electrons. The summed E-state index contributed by atoms with van der Waals surface area (Å²) in [7, 11) is 3.84. The van der Waals surface area contributed by atoms with Crippen molar-refractivity contribution < 1.29 is 0 Å². The summed E-state index contributed by atoms with van der Waals surface area (Å²) < 4.78 is 0. The van der Waals surface area contributed by atoms with Crippen molar-refractivity contribution >= 4 is 21.4 Å². The topological polar surface area (TPSA) is 12.0 Å². The van der Waals surface area contributed by atoms with Gasteiger partial charge in [0.1, 0.15) is 0 Å². The zero-order valence-electron chi connectivity index (χ0n) is 3.65. The monoisotopic (exact) mass is 65.1 g/mol. The maximum absolute atomic E-state index is 2.84. The van der Waals surface area contributed by atoms with Gasteiger partial charge >= 0.3 is 33.6 Å². The average molecular weight is 64.5 g/mol. The molecule has 1 N–H and O–H groups in total. The van der Waals surface area contributed by atoms with Gasteiger partial charge in [0.15, 0.2) is 0 Å². The van der Waals surface area contributed by atoms with Gasteiger partial charge in [-0.25, -0.2) is 0 Å². The maximum atomic E-state index is 2.84. The molecule has 0 aromatic rings. The molecule has 0 bridgehead atoms. The third kappa shape index (κ3) is 3.99. The van der Waals surface area contributed by atoms with Crippen LogP contribution in [0.4, 0.5) is 0 Å². The summed E-state index contributed by atoms with van der Waals surface area (Å²) in [5.41, 5.74) is 0. The molecule has 0 spiro atoms. The van der Waals surface area contributed by atoms with Crippen molar-refractivity contribution in [3.05, 3.63) is 0 Å². The Kier molecular flexibility index (Phi) is 3.99. The Balaban J connectivity index is 2.62. The first-order valence-corrected chi connectivity index (χ1v) is 1.70. The van der Waals surface area contributed by atoms with Crippen molar-refractivity contribution in [3.8, 4) is 0 Å². The Labute approximate surface area is 34.7 Å². The van der Waals surface area contributed by atoms with Crippen LogP contribution >= 0.6 is 0 Å². The summed E-state index contributed by atoms with van der Waals surface area (Å²) in [4.78, 5) is 0. The van der Waals surface area contributed by atoms with Crippen LogP contribution in [0.25, 0.3) is 0 Å². The Morgan fingerprint density at radius 2 is 2.40 bits per heavy atom. The van der Waals surface area contributed by atoms with E-state index in [0.717, 1.165) is 0 Å². The summed E-state index contributed by atoms with van der Waals surface area (Å²) in [6.07, 6.45) is 0. The van der Waals surface area contributed by atoms with Crippen LogP contribution in [-0.4, -0.2) is 28.4 Å². The van der Waals surface area contributed by atoms with Gasteiger partial charge in [-0.3, -0.25) is 0 Å². The number of hydrogen-bond acceptors (Lipinski definition) is 1. The zero-order valence-corrected chi connectivity index (χ0v) is 3.65. The Morgan fingerprint density at radius 3 is 2.40 bits per heavy atom. The molecule has 0 fully saturated rings. The quantitative estimate of drug-likeness (QED) is 0.348. The van der Waals surface area contributed by atoms with E-state index in [2.05, 4.69) is 5.23 Å². The van der Waals surface area contributed by atoms with Crippen LogP contribution in [0.2, 0.25) is 0 Å². The average Bonchev–Trinajstić information content (AvgIpc) is 1.41. The third-order valence-corrected chi connectivity index (χ3v) is 0.333. The molecule has 0 aromatic heterocycles. The van der Waals surface area contributed by atoms with Crippen molar-refractivity contribution in [1.29, 1.82) is 0 Å². The van der Waals surface area contributed by atoms with Crippen LogP contribution in [0.3, 0.4) is 0 Å². The fourth-order valence-corrected chi connectivity index (χ4v) is 0.167. The molecule has 0 aliphatic carbocycles. The summed E-state index contributed by atoms with van der Waals surface area (Å²) in [6.45, 7) is 3.82. The van der Waals surface area contributed by atoms with Crippen LogP contribution in [0.5, 0.6) is 0 Å². The molecule has 0 rings (SSSR count). The summed E-state index contributed by atoms with van der Waals surface area (Å²) >= 11 is 0. The fraction of sp³-hybridized carbons (Fsp3) is 1.00. The molecule has 0 aliphatic heterocycles. The van der Waals surface area contributed by atoms with Crippen LogP contribution in [0.1, 0.15) is 0 Å². The van der Waals surface area contributed by atoms with Gasteiger partial charge in [0.25, 0.3) is 0 Å². The Morgan fingerprint density at radius 1 is 1.80 bits per heavy atom. The standard InChI is InChI=1S/CH6B3N/c1-5-4-3-2/h5H,2H2,1H3. The predicted molar refractivity (Wildman–Crippen MR) is 29.1 cm³/mol. The number of rotatable bonds is 1. The zero-order chi connectivity index (χ0) is 4.12. The molecule has 5 heavy (non-hydrogen) atoms. The molecule has 0 radical (unpaired) electrons. The van der Waals surface area contributed by atoms with E-state index in [-0.39, 0.29) is 0 Å². The van der Waals surface area contributed by atoms with Crippen molar-refractivity contribution in [2.45, 2.75) is 0 Å². The first-order valence-electron chi connectivity index (χ1n) is 1.70. The molecule has 0 unspecified atom stereocenters. The van der Waals surface area contributed by atoms with E-state index in [4.69, 9.17) is 0 Å². The Bertz CT molecular complexity index is 33.9. The van der Waals surface area contributed by atoms with Crippen LogP contribution in [-0.2, 0) is 0 Å². The first-order chi connectivity index (χ1) is 2.41. The molecule has 0 saturated heterocycles. The van der Waals surface area contributed by atoms with E-state index < -0.39 is 0 Å². The van der Waals surface area contributed by atoms with Crippen molar-refractivity contribution in [2.75, 3.05) is 7.05 Å². The minimum absolute atomic E-state index is 1.88. The first kappa shape index (κ1) is 4.99. The molecule has 0 amide bonds. The van der Waals surface area contributed by atoms with Gasteiger partial charge in [-0.15, -0.1) is 0 Å². The third-order valence-electron chi connectivity index (χ3n) is 0.333. The van der Waals surface area contributed by atoms with Crippen LogP contribution in [0, 0.1) is 0 Å². The molecule has 0 heterocycles. The second-order valence-electron chi connectivity index (χ2n) is 0.789. The van der Waals surface area contributed by atoms with E-state index >= 15 is 0 Å². The molecule has 1 nitrogen and oxygen atoms in total. The Hall–Kier alpha value is -0.00519. The fourth-order valence-electron chi connectivity index (χ4n) is 0.167. The van der Waals surface area contributed by atoms with E-state index in [0.29, 0.717) is 0 Å².